The fraction of sp³-hybridized carbons (Fsp3) is 0.154. The van der Waals surface area contributed by atoms with Gasteiger partial charge in [-0.2, -0.15) is 5.10 Å². The average Bonchev–Trinajstić information content (AvgIpc) is 2.87. The molecular weight excluding hydrogens is 627 g/mol. The summed E-state index contributed by atoms with van der Waals surface area (Å²) in [7, 11) is 0. The SMILES string of the molecule is CCOc1cc(/C=N\NC(=O)C(=O)Nc2ccc(F)cc2)cc(Br)c1OCC(=O)Nc1ccc(Br)c(C)c1. The molecule has 198 valence electrons. The average molecular weight is 650 g/mol. The lowest BCUT2D eigenvalue weighted by Crippen LogP contribution is -2.32. The van der Waals surface area contributed by atoms with E-state index in [0.29, 0.717) is 33.8 Å². The van der Waals surface area contributed by atoms with Gasteiger partial charge in [-0.3, -0.25) is 14.4 Å². The molecule has 12 heteroatoms. The van der Waals surface area contributed by atoms with Gasteiger partial charge in [0.2, 0.25) is 0 Å². The van der Waals surface area contributed by atoms with Gasteiger partial charge in [-0.15, -0.1) is 0 Å². The van der Waals surface area contributed by atoms with Crippen molar-refractivity contribution in [2.45, 2.75) is 13.8 Å². The van der Waals surface area contributed by atoms with Gasteiger partial charge < -0.3 is 20.1 Å². The summed E-state index contributed by atoms with van der Waals surface area (Å²) in [5.74, 6) is -2.14. The van der Waals surface area contributed by atoms with E-state index in [1.54, 1.807) is 25.1 Å². The first-order chi connectivity index (χ1) is 18.2. The first kappa shape index (κ1) is 28.8. The standard InChI is InChI=1S/C26H23Br2FN4O5/c1-3-37-22-12-16(13-30-33-26(36)25(35)32-18-6-4-17(29)5-7-18)11-21(28)24(22)38-14-23(34)31-19-8-9-20(27)15(2)10-19/h4-13H,3,14H2,1-2H3,(H,31,34)(H,32,35)(H,33,36)/b30-13-. The van der Waals surface area contributed by atoms with Gasteiger partial charge in [0.25, 0.3) is 5.91 Å². The number of halogens is 3. The Labute approximate surface area is 235 Å². The van der Waals surface area contributed by atoms with Crippen molar-refractivity contribution in [2.24, 2.45) is 5.10 Å². The van der Waals surface area contributed by atoms with Crippen molar-refractivity contribution in [3.05, 3.63) is 80.5 Å². The number of benzene rings is 3. The zero-order valence-corrected chi connectivity index (χ0v) is 23.5. The van der Waals surface area contributed by atoms with Gasteiger partial charge in [0, 0.05) is 15.8 Å². The molecule has 0 heterocycles. The molecule has 0 spiro atoms. The van der Waals surface area contributed by atoms with E-state index >= 15 is 0 Å². The summed E-state index contributed by atoms with van der Waals surface area (Å²) < 4.78 is 25.8. The highest BCUT2D eigenvalue weighted by Crippen LogP contribution is 2.36. The molecular formula is C26H23Br2FN4O5. The predicted octanol–water partition coefficient (Wildman–Crippen LogP) is 5.16. The van der Waals surface area contributed by atoms with Crippen LogP contribution in [-0.2, 0) is 14.4 Å². The van der Waals surface area contributed by atoms with Crippen molar-refractivity contribution in [3.63, 3.8) is 0 Å². The molecule has 0 aromatic heterocycles. The van der Waals surface area contributed by atoms with Crippen LogP contribution in [0.15, 0.2) is 68.6 Å². The number of hydrogen-bond donors (Lipinski definition) is 3. The molecule has 3 N–H and O–H groups in total. The van der Waals surface area contributed by atoms with Gasteiger partial charge in [-0.1, -0.05) is 15.9 Å². The number of carbonyl (C=O) groups is 3. The van der Waals surface area contributed by atoms with Crippen molar-refractivity contribution < 1.29 is 28.2 Å². The van der Waals surface area contributed by atoms with Gasteiger partial charge in [-0.25, -0.2) is 9.82 Å². The third-order valence-electron chi connectivity index (χ3n) is 4.81. The summed E-state index contributed by atoms with van der Waals surface area (Å²) in [4.78, 5) is 36.4. The number of anilines is 2. The van der Waals surface area contributed by atoms with Crippen LogP contribution in [-0.4, -0.2) is 37.1 Å². The summed E-state index contributed by atoms with van der Waals surface area (Å²) in [6.45, 7) is 3.77. The largest absolute Gasteiger partial charge is 0.490 e. The summed E-state index contributed by atoms with van der Waals surface area (Å²) in [5, 5.41) is 8.90. The Bertz CT molecular complexity index is 1370. The van der Waals surface area contributed by atoms with E-state index in [4.69, 9.17) is 9.47 Å². The maximum atomic E-state index is 13.0. The molecule has 0 aliphatic heterocycles. The lowest BCUT2D eigenvalue weighted by atomic mass is 10.2. The smallest absolute Gasteiger partial charge is 0.329 e. The van der Waals surface area contributed by atoms with E-state index in [9.17, 15) is 18.8 Å². The zero-order valence-electron chi connectivity index (χ0n) is 20.3. The Balaban J connectivity index is 1.61. The van der Waals surface area contributed by atoms with Crippen LogP contribution < -0.4 is 25.5 Å². The van der Waals surface area contributed by atoms with E-state index in [0.717, 1.165) is 22.2 Å². The Kier molecular flexibility index (Phi) is 10.4. The number of carbonyl (C=O) groups excluding carboxylic acids is 3. The third kappa shape index (κ3) is 8.38. The second-order valence-electron chi connectivity index (χ2n) is 7.72. The van der Waals surface area contributed by atoms with Gasteiger partial charge in [0.1, 0.15) is 5.82 Å². The van der Waals surface area contributed by atoms with Crippen LogP contribution in [0.4, 0.5) is 15.8 Å². The van der Waals surface area contributed by atoms with E-state index < -0.39 is 17.6 Å². The van der Waals surface area contributed by atoms with Crippen molar-refractivity contribution in [1.29, 1.82) is 0 Å². The molecule has 38 heavy (non-hydrogen) atoms. The van der Waals surface area contributed by atoms with Crippen molar-refractivity contribution in [3.8, 4) is 11.5 Å². The van der Waals surface area contributed by atoms with E-state index in [-0.39, 0.29) is 18.2 Å². The van der Waals surface area contributed by atoms with Crippen LogP contribution in [0.25, 0.3) is 0 Å². The molecule has 0 saturated heterocycles. The maximum Gasteiger partial charge on any atom is 0.329 e. The fourth-order valence-corrected chi connectivity index (χ4v) is 3.88. The second-order valence-corrected chi connectivity index (χ2v) is 9.43. The Hall–Kier alpha value is -3.77. The first-order valence-electron chi connectivity index (χ1n) is 11.2. The normalized spacial score (nSPS) is 10.7. The van der Waals surface area contributed by atoms with Crippen LogP contribution >= 0.6 is 31.9 Å². The zero-order chi connectivity index (χ0) is 27.7. The van der Waals surface area contributed by atoms with E-state index in [1.165, 1.54) is 18.3 Å². The molecule has 3 amide bonds. The molecule has 3 rings (SSSR count). The number of ether oxygens (including phenoxy) is 2. The van der Waals surface area contributed by atoms with Crippen LogP contribution in [0.2, 0.25) is 0 Å². The molecule has 0 bridgehead atoms. The predicted molar refractivity (Wildman–Crippen MR) is 149 cm³/mol. The highest BCUT2D eigenvalue weighted by molar-refractivity contribution is 9.10. The Morgan fingerprint density at radius 3 is 2.32 bits per heavy atom. The molecule has 0 aliphatic rings. The summed E-state index contributed by atoms with van der Waals surface area (Å²) >= 11 is 6.83. The summed E-state index contributed by atoms with van der Waals surface area (Å²) in [6, 6.07) is 13.7. The Morgan fingerprint density at radius 2 is 1.63 bits per heavy atom. The molecule has 0 fully saturated rings. The topological polar surface area (TPSA) is 118 Å². The molecule has 0 radical (unpaired) electrons. The molecule has 0 unspecified atom stereocenters. The van der Waals surface area contributed by atoms with Crippen LogP contribution in [0.5, 0.6) is 11.5 Å². The molecule has 0 aliphatic carbocycles. The number of nitrogens with one attached hydrogen (secondary N) is 3. The molecule has 3 aromatic rings. The first-order valence-corrected chi connectivity index (χ1v) is 12.8. The molecule has 3 aromatic carbocycles. The third-order valence-corrected chi connectivity index (χ3v) is 6.29. The molecule has 0 atom stereocenters. The molecule has 0 saturated carbocycles. The van der Waals surface area contributed by atoms with Crippen molar-refractivity contribution >= 4 is 67.2 Å². The van der Waals surface area contributed by atoms with E-state index in [2.05, 4.69) is 53.0 Å². The minimum absolute atomic E-state index is 0.261. The lowest BCUT2D eigenvalue weighted by Gasteiger charge is -2.15. The number of amides is 3. The number of aryl methyl sites for hydroxylation is 1. The monoisotopic (exact) mass is 648 g/mol. The summed E-state index contributed by atoms with van der Waals surface area (Å²) in [6.07, 6.45) is 1.31. The van der Waals surface area contributed by atoms with Gasteiger partial charge >= 0.3 is 11.8 Å². The maximum absolute atomic E-state index is 13.0. The van der Waals surface area contributed by atoms with Crippen LogP contribution in [0, 0.1) is 12.7 Å². The highest BCUT2D eigenvalue weighted by atomic mass is 79.9. The second kappa shape index (κ2) is 13.7. The quantitative estimate of drug-likeness (QED) is 0.168. The van der Waals surface area contributed by atoms with Crippen molar-refractivity contribution in [2.75, 3.05) is 23.8 Å². The number of nitrogens with zero attached hydrogens (tertiary/aromatic N) is 1. The number of hydrogen-bond acceptors (Lipinski definition) is 6. The van der Waals surface area contributed by atoms with Gasteiger partial charge in [-0.05, 0) is 95.5 Å². The van der Waals surface area contributed by atoms with Gasteiger partial charge in [0.05, 0.1) is 17.3 Å². The highest BCUT2D eigenvalue weighted by Gasteiger charge is 2.15. The summed E-state index contributed by atoms with van der Waals surface area (Å²) in [5.41, 5.74) is 4.52. The van der Waals surface area contributed by atoms with Crippen LogP contribution in [0.1, 0.15) is 18.1 Å². The minimum atomic E-state index is -1.01. The van der Waals surface area contributed by atoms with E-state index in [1.807, 2.05) is 19.1 Å². The number of hydrazone groups is 1. The minimum Gasteiger partial charge on any atom is -0.490 e. The van der Waals surface area contributed by atoms with Crippen molar-refractivity contribution in [1.82, 2.24) is 5.43 Å². The Morgan fingerprint density at radius 1 is 0.921 bits per heavy atom. The van der Waals surface area contributed by atoms with Gasteiger partial charge in [0.15, 0.2) is 18.1 Å². The molecule has 9 nitrogen and oxygen atoms in total. The van der Waals surface area contributed by atoms with Crippen LogP contribution in [0.3, 0.4) is 0 Å². The fourth-order valence-electron chi connectivity index (χ4n) is 3.06. The number of rotatable bonds is 9. The lowest BCUT2D eigenvalue weighted by molar-refractivity contribution is -0.136.